The Bertz CT molecular complexity index is 33.9. The molecule has 0 aromatic heterocycles. The zero-order valence-electron chi connectivity index (χ0n) is 2.82. The topological polar surface area (TPSA) is 26.0 Å². The molecule has 0 fully saturated rings. The largest absolute Gasteiger partial charge is 0.327 e. The van der Waals surface area contributed by atoms with Gasteiger partial charge in [-0.15, -0.1) is 0 Å². The van der Waals surface area contributed by atoms with Crippen LogP contribution in [0.5, 0.6) is 0 Å². The van der Waals surface area contributed by atoms with E-state index in [2.05, 4.69) is 22.6 Å². The lowest BCUT2D eigenvalue weighted by Crippen LogP contribution is -1.90. The Balaban J connectivity index is 2.62. The van der Waals surface area contributed by atoms with Crippen molar-refractivity contribution in [2.75, 3.05) is 6.54 Å². The Morgan fingerprint density at radius 3 is 2.40 bits per heavy atom. The molecule has 0 radical (unpaired) electrons. The Kier molecular flexibility index (Phi) is 4.81. The quantitative estimate of drug-likeness (QED) is 0.600. The molecule has 0 spiro atoms. The lowest BCUT2D eigenvalue weighted by molar-refractivity contribution is 1.26. The van der Waals surface area contributed by atoms with E-state index in [9.17, 15) is 0 Å². The lowest BCUT2D eigenvalue weighted by Gasteiger charge is -1.65. The summed E-state index contributed by atoms with van der Waals surface area (Å²) in [5, 5.41) is 0. The molecule has 2 heteroatoms. The van der Waals surface area contributed by atoms with Crippen LogP contribution in [0.4, 0.5) is 0 Å². The van der Waals surface area contributed by atoms with Crippen LogP contribution in [0.25, 0.3) is 0 Å². The van der Waals surface area contributed by atoms with Gasteiger partial charge in [0.05, 0.1) is 0 Å². The Hall–Kier alpha value is 0.430. The van der Waals surface area contributed by atoms with E-state index in [0.29, 0.717) is 6.54 Å². The fourth-order valence-corrected chi connectivity index (χ4v) is 0.345. The molecular weight excluding hydrogens is 177 g/mol. The summed E-state index contributed by atoms with van der Waals surface area (Å²) in [4.78, 5) is 0. The Morgan fingerprint density at radius 1 is 1.80 bits per heavy atom. The lowest BCUT2D eigenvalue weighted by atomic mass is 10.7. The minimum atomic E-state index is 0.656. The summed E-state index contributed by atoms with van der Waals surface area (Å²) in [6.45, 7) is 0.656. The molecule has 0 aliphatic carbocycles. The van der Waals surface area contributed by atoms with Crippen LogP contribution in [-0.4, -0.2) is 6.54 Å². The first-order chi connectivity index (χ1) is 2.41. The highest BCUT2D eigenvalue weighted by Crippen LogP contribution is 1.78. The smallest absolute Gasteiger partial charge is 0.0114 e. The van der Waals surface area contributed by atoms with Gasteiger partial charge in [-0.1, -0.05) is 28.7 Å². The van der Waals surface area contributed by atoms with E-state index >= 15 is 0 Å². The summed E-state index contributed by atoms with van der Waals surface area (Å²) in [7, 11) is 0. The van der Waals surface area contributed by atoms with Gasteiger partial charge in [-0.3, -0.25) is 0 Å². The molecule has 0 heterocycles. The van der Waals surface area contributed by atoms with Crippen molar-refractivity contribution in [1.82, 2.24) is 0 Å². The predicted molar refractivity (Wildman–Crippen MR) is 32.2 cm³/mol. The van der Waals surface area contributed by atoms with Gasteiger partial charge in [0.1, 0.15) is 0 Å². The highest BCUT2D eigenvalue weighted by atomic mass is 127. The SMILES string of the molecule is NCC=CI. The molecule has 5 heavy (non-hydrogen) atoms. The molecule has 0 unspecified atom stereocenters. The highest BCUT2D eigenvalue weighted by molar-refractivity contribution is 14.1. The molecule has 0 saturated carbocycles. The molecule has 30 valence electrons. The Morgan fingerprint density at radius 2 is 2.40 bits per heavy atom. The van der Waals surface area contributed by atoms with Crippen molar-refractivity contribution in [3.05, 3.63) is 10.2 Å². The molecule has 1 nitrogen and oxygen atoms in total. The molecule has 0 aromatic carbocycles. The number of hydrogen-bond acceptors (Lipinski definition) is 1. The average molecular weight is 183 g/mol. The zero-order chi connectivity index (χ0) is 4.12. The van der Waals surface area contributed by atoms with Crippen molar-refractivity contribution in [2.24, 2.45) is 5.73 Å². The molecule has 0 rings (SSSR count). The molecule has 0 bridgehead atoms. The summed E-state index contributed by atoms with van der Waals surface area (Å²) in [6, 6.07) is 0. The second kappa shape index (κ2) is 4.43. The molecule has 0 aliphatic heterocycles. The van der Waals surface area contributed by atoms with Gasteiger partial charge >= 0.3 is 0 Å². The van der Waals surface area contributed by atoms with E-state index in [1.807, 2.05) is 10.2 Å². The van der Waals surface area contributed by atoms with Gasteiger partial charge in [0, 0.05) is 6.54 Å². The van der Waals surface area contributed by atoms with E-state index in [0.717, 1.165) is 0 Å². The third kappa shape index (κ3) is 4.43. The number of rotatable bonds is 1. The second-order valence-electron chi connectivity index (χ2n) is 0.597. The summed E-state index contributed by atoms with van der Waals surface area (Å²) in [5.74, 6) is 0. The number of halogens is 1. The van der Waals surface area contributed by atoms with Gasteiger partial charge in [-0.05, 0) is 4.08 Å². The fourth-order valence-electron chi connectivity index (χ4n) is 0.0514. The zero-order valence-corrected chi connectivity index (χ0v) is 4.97. The number of nitrogens with two attached hydrogens (primary N) is 1. The van der Waals surface area contributed by atoms with Crippen LogP contribution in [0, 0.1) is 0 Å². The van der Waals surface area contributed by atoms with Gasteiger partial charge in [-0.2, -0.15) is 0 Å². The van der Waals surface area contributed by atoms with Crippen LogP contribution >= 0.6 is 22.6 Å². The van der Waals surface area contributed by atoms with Crippen LogP contribution in [0.15, 0.2) is 10.2 Å². The van der Waals surface area contributed by atoms with Crippen molar-refractivity contribution >= 4 is 22.6 Å². The Labute approximate surface area is 45.4 Å². The normalized spacial score (nSPS) is 10.0. The van der Waals surface area contributed by atoms with Crippen molar-refractivity contribution in [3.8, 4) is 0 Å². The van der Waals surface area contributed by atoms with Crippen molar-refractivity contribution < 1.29 is 0 Å². The predicted octanol–water partition coefficient (Wildman–Crippen LogP) is 0.894. The first-order valence-corrected chi connectivity index (χ1v) is 2.61. The van der Waals surface area contributed by atoms with Gasteiger partial charge < -0.3 is 5.73 Å². The fraction of sp³-hybridized carbons (Fsp3) is 0.333. The molecule has 0 amide bonds. The summed E-state index contributed by atoms with van der Waals surface area (Å²) < 4.78 is 1.90. The van der Waals surface area contributed by atoms with Gasteiger partial charge in [0.25, 0.3) is 0 Å². The molecule has 2 N–H and O–H groups in total. The summed E-state index contributed by atoms with van der Waals surface area (Å²) in [6.07, 6.45) is 1.89. The van der Waals surface area contributed by atoms with E-state index in [1.165, 1.54) is 0 Å². The standard InChI is InChI=1S/C3H6IN/c4-2-1-3-5/h1-2H,3,5H2. The molecule has 0 saturated heterocycles. The van der Waals surface area contributed by atoms with Crippen LogP contribution in [-0.2, 0) is 0 Å². The van der Waals surface area contributed by atoms with E-state index in [4.69, 9.17) is 5.73 Å². The summed E-state index contributed by atoms with van der Waals surface area (Å²) in [5.41, 5.74) is 5.05. The van der Waals surface area contributed by atoms with Crippen molar-refractivity contribution in [1.29, 1.82) is 0 Å². The third-order valence-corrected chi connectivity index (χ3v) is 0.734. The van der Waals surface area contributed by atoms with Gasteiger partial charge in [-0.25, -0.2) is 0 Å². The van der Waals surface area contributed by atoms with Crippen LogP contribution < -0.4 is 5.73 Å². The molecule has 0 aliphatic rings. The molecule has 0 aromatic rings. The van der Waals surface area contributed by atoms with Crippen LogP contribution in [0.3, 0.4) is 0 Å². The maximum atomic E-state index is 5.05. The first kappa shape index (κ1) is 5.43. The van der Waals surface area contributed by atoms with Gasteiger partial charge in [0.2, 0.25) is 0 Å². The van der Waals surface area contributed by atoms with Crippen LogP contribution in [0.2, 0.25) is 0 Å². The number of hydrogen-bond donors (Lipinski definition) is 1. The maximum absolute atomic E-state index is 5.05. The van der Waals surface area contributed by atoms with Crippen molar-refractivity contribution in [3.63, 3.8) is 0 Å². The maximum Gasteiger partial charge on any atom is 0.0114 e. The van der Waals surface area contributed by atoms with E-state index in [-0.39, 0.29) is 0 Å². The monoisotopic (exact) mass is 183 g/mol. The van der Waals surface area contributed by atoms with E-state index in [1.54, 1.807) is 0 Å². The minimum Gasteiger partial charge on any atom is -0.327 e. The van der Waals surface area contributed by atoms with E-state index < -0.39 is 0 Å². The minimum absolute atomic E-state index is 0.656. The highest BCUT2D eigenvalue weighted by Gasteiger charge is 1.52. The van der Waals surface area contributed by atoms with Gasteiger partial charge in [0.15, 0.2) is 0 Å². The third-order valence-electron chi connectivity index (χ3n) is 0.225. The molecule has 0 atom stereocenters. The molecular formula is C3H6IN. The van der Waals surface area contributed by atoms with Crippen molar-refractivity contribution in [2.45, 2.75) is 0 Å². The average Bonchev–Trinajstić information content (AvgIpc) is 1.41. The first-order valence-electron chi connectivity index (χ1n) is 1.37. The summed E-state index contributed by atoms with van der Waals surface area (Å²) >= 11 is 2.13. The van der Waals surface area contributed by atoms with Crippen LogP contribution in [0.1, 0.15) is 0 Å². The second-order valence-corrected chi connectivity index (χ2v) is 1.32.